The predicted octanol–water partition coefficient (Wildman–Crippen LogP) is 1.87. The average Bonchev–Trinajstić information content (AvgIpc) is 2.63. The Labute approximate surface area is 167 Å². The first-order chi connectivity index (χ1) is 13.4. The maximum absolute atomic E-state index is 13.1. The zero-order valence-electron chi connectivity index (χ0n) is 16.2. The molecule has 29 heavy (non-hydrogen) atoms. The normalized spacial score (nSPS) is 22.2. The number of nitrogens with one attached hydrogen (secondary N) is 1. The standard InChI is InChI=1S/C18H27BF3N3O4/c1-11-8-13(18(20,21)22)10-15(25-11)14-9-12(4-7-24-14)17(23,16(26)27)5-2-3-6-19(28)29/h8,10,12,14,24,28-29H,2-7,9,23H2,1H3,(H,26,27). The van der Waals surface area contributed by atoms with E-state index in [0.29, 0.717) is 25.8 Å². The Morgan fingerprint density at radius 2 is 2.03 bits per heavy atom. The van der Waals surface area contributed by atoms with Gasteiger partial charge in [-0.15, -0.1) is 0 Å². The maximum atomic E-state index is 13.1. The fraction of sp³-hybridized carbons (Fsp3) is 0.667. The van der Waals surface area contributed by atoms with Gasteiger partial charge in [-0.05, 0) is 57.1 Å². The van der Waals surface area contributed by atoms with Crippen molar-refractivity contribution in [3.8, 4) is 0 Å². The second-order valence-corrected chi connectivity index (χ2v) is 7.72. The van der Waals surface area contributed by atoms with Crippen LogP contribution in [-0.4, -0.2) is 45.3 Å². The zero-order chi connectivity index (χ0) is 21.8. The quantitative estimate of drug-likeness (QED) is 0.323. The smallest absolute Gasteiger partial charge is 0.451 e. The Balaban J connectivity index is 2.17. The summed E-state index contributed by atoms with van der Waals surface area (Å²) in [5.41, 5.74) is 4.37. The predicted molar refractivity (Wildman–Crippen MR) is 101 cm³/mol. The molecule has 0 radical (unpaired) electrons. The van der Waals surface area contributed by atoms with E-state index in [1.54, 1.807) is 0 Å². The average molecular weight is 417 g/mol. The van der Waals surface area contributed by atoms with Gasteiger partial charge in [0.25, 0.3) is 0 Å². The van der Waals surface area contributed by atoms with Crippen molar-refractivity contribution in [2.24, 2.45) is 11.7 Å². The minimum absolute atomic E-state index is 0.123. The molecule has 1 aliphatic rings. The molecular formula is C18H27BF3N3O4. The molecule has 0 saturated carbocycles. The molecule has 6 N–H and O–H groups in total. The molecule has 1 aromatic rings. The van der Waals surface area contributed by atoms with Crippen LogP contribution in [0.4, 0.5) is 13.2 Å². The summed E-state index contributed by atoms with van der Waals surface area (Å²) in [6, 6.07) is 1.44. The van der Waals surface area contributed by atoms with E-state index >= 15 is 0 Å². The number of nitrogens with zero attached hydrogens (tertiary/aromatic N) is 1. The van der Waals surface area contributed by atoms with Gasteiger partial charge < -0.3 is 26.2 Å². The van der Waals surface area contributed by atoms with E-state index in [1.165, 1.54) is 6.92 Å². The van der Waals surface area contributed by atoms with Gasteiger partial charge in [-0.2, -0.15) is 13.2 Å². The molecule has 1 aromatic heterocycles. The summed E-state index contributed by atoms with van der Waals surface area (Å²) in [6.07, 6.45) is -2.70. The van der Waals surface area contributed by atoms with E-state index in [1.807, 2.05) is 0 Å². The van der Waals surface area contributed by atoms with Crippen LogP contribution in [0.3, 0.4) is 0 Å². The van der Waals surface area contributed by atoms with Crippen LogP contribution in [0.25, 0.3) is 0 Å². The molecule has 0 bridgehead atoms. The summed E-state index contributed by atoms with van der Waals surface area (Å²) in [5.74, 6) is -1.62. The minimum atomic E-state index is -4.49. The summed E-state index contributed by atoms with van der Waals surface area (Å²) < 4.78 is 39.4. The Bertz CT molecular complexity index is 720. The van der Waals surface area contributed by atoms with Crippen molar-refractivity contribution in [3.05, 3.63) is 29.1 Å². The Morgan fingerprint density at radius 3 is 2.62 bits per heavy atom. The monoisotopic (exact) mass is 417 g/mol. The van der Waals surface area contributed by atoms with E-state index in [9.17, 15) is 23.1 Å². The van der Waals surface area contributed by atoms with Crippen molar-refractivity contribution in [1.82, 2.24) is 10.3 Å². The van der Waals surface area contributed by atoms with Gasteiger partial charge in [-0.1, -0.05) is 12.8 Å². The van der Waals surface area contributed by atoms with Crippen molar-refractivity contribution < 1.29 is 33.1 Å². The van der Waals surface area contributed by atoms with E-state index in [0.717, 1.165) is 12.1 Å². The molecule has 1 fully saturated rings. The zero-order valence-corrected chi connectivity index (χ0v) is 16.2. The van der Waals surface area contributed by atoms with E-state index in [4.69, 9.17) is 15.8 Å². The van der Waals surface area contributed by atoms with E-state index < -0.39 is 42.3 Å². The molecule has 2 heterocycles. The maximum Gasteiger partial charge on any atom is 0.451 e. The van der Waals surface area contributed by atoms with E-state index in [2.05, 4.69) is 10.3 Å². The first-order valence-electron chi connectivity index (χ1n) is 9.61. The van der Waals surface area contributed by atoms with Crippen molar-refractivity contribution in [2.45, 2.75) is 63.1 Å². The van der Waals surface area contributed by atoms with Crippen LogP contribution < -0.4 is 11.1 Å². The summed E-state index contributed by atoms with van der Waals surface area (Å²) in [4.78, 5) is 16.1. The molecular weight excluding hydrogens is 390 g/mol. The van der Waals surface area contributed by atoms with Crippen LogP contribution in [-0.2, 0) is 11.0 Å². The fourth-order valence-electron chi connectivity index (χ4n) is 3.88. The lowest BCUT2D eigenvalue weighted by Gasteiger charge is -2.39. The highest BCUT2D eigenvalue weighted by Crippen LogP contribution is 2.37. The largest absolute Gasteiger partial charge is 0.480 e. The topological polar surface area (TPSA) is 129 Å². The number of aryl methyl sites for hydroxylation is 1. The highest BCUT2D eigenvalue weighted by Gasteiger charge is 2.44. The Kier molecular flexibility index (Phi) is 7.66. The Hall–Kier alpha value is -1.69. The van der Waals surface area contributed by atoms with Crippen LogP contribution in [0, 0.1) is 12.8 Å². The molecule has 1 aliphatic heterocycles. The third-order valence-corrected chi connectivity index (χ3v) is 5.49. The van der Waals surface area contributed by atoms with Crippen molar-refractivity contribution in [2.75, 3.05) is 6.54 Å². The van der Waals surface area contributed by atoms with Gasteiger partial charge in [0.2, 0.25) is 0 Å². The van der Waals surface area contributed by atoms with Crippen LogP contribution in [0.2, 0.25) is 6.32 Å². The van der Waals surface area contributed by atoms with Crippen molar-refractivity contribution in [1.29, 1.82) is 0 Å². The number of alkyl halides is 3. The van der Waals surface area contributed by atoms with Crippen molar-refractivity contribution >= 4 is 13.1 Å². The molecule has 1 saturated heterocycles. The highest BCUT2D eigenvalue weighted by atomic mass is 19.4. The lowest BCUT2D eigenvalue weighted by molar-refractivity contribution is -0.146. The molecule has 3 unspecified atom stereocenters. The summed E-state index contributed by atoms with van der Waals surface area (Å²) >= 11 is 0. The highest BCUT2D eigenvalue weighted by molar-refractivity contribution is 6.40. The number of halogens is 3. The molecule has 0 aliphatic carbocycles. The third-order valence-electron chi connectivity index (χ3n) is 5.49. The van der Waals surface area contributed by atoms with Crippen LogP contribution >= 0.6 is 0 Å². The number of hydrogen-bond acceptors (Lipinski definition) is 6. The second kappa shape index (κ2) is 9.42. The molecule has 7 nitrogen and oxygen atoms in total. The molecule has 3 atom stereocenters. The summed E-state index contributed by atoms with van der Waals surface area (Å²) in [6.45, 7) is 1.90. The third kappa shape index (κ3) is 6.15. The number of piperidine rings is 1. The van der Waals surface area contributed by atoms with Gasteiger partial charge in [-0.3, -0.25) is 9.78 Å². The number of rotatable bonds is 8. The molecule has 162 valence electrons. The van der Waals surface area contributed by atoms with Gasteiger partial charge in [-0.25, -0.2) is 0 Å². The number of carboxylic acids is 1. The van der Waals surface area contributed by atoms with Gasteiger partial charge >= 0.3 is 19.3 Å². The first-order valence-corrected chi connectivity index (χ1v) is 9.61. The van der Waals surface area contributed by atoms with Gasteiger partial charge in [0.1, 0.15) is 5.54 Å². The number of aliphatic carboxylic acids is 1. The van der Waals surface area contributed by atoms with Gasteiger partial charge in [0.15, 0.2) is 0 Å². The molecule has 11 heteroatoms. The van der Waals surface area contributed by atoms with Crippen LogP contribution in [0.15, 0.2) is 12.1 Å². The lowest BCUT2D eigenvalue weighted by atomic mass is 9.72. The van der Waals surface area contributed by atoms with Crippen molar-refractivity contribution in [3.63, 3.8) is 0 Å². The number of carbonyl (C=O) groups is 1. The second-order valence-electron chi connectivity index (χ2n) is 7.72. The SMILES string of the molecule is Cc1cc(C(F)(F)F)cc(C2CC(C(N)(CCCCB(O)O)C(=O)O)CCN2)n1. The minimum Gasteiger partial charge on any atom is -0.480 e. The van der Waals surface area contributed by atoms with Crippen LogP contribution in [0.5, 0.6) is 0 Å². The van der Waals surface area contributed by atoms with Crippen LogP contribution in [0.1, 0.15) is 55.1 Å². The number of hydrogen-bond donors (Lipinski definition) is 5. The number of carboxylic acid groups (broad SMARTS) is 1. The van der Waals surface area contributed by atoms with Gasteiger partial charge in [0, 0.05) is 11.7 Å². The number of unbranched alkanes of at least 4 members (excludes halogenated alkanes) is 1. The molecule has 0 spiro atoms. The summed E-state index contributed by atoms with van der Waals surface area (Å²) in [5, 5.41) is 30.7. The fourth-order valence-corrected chi connectivity index (χ4v) is 3.88. The van der Waals surface area contributed by atoms with Gasteiger partial charge in [0.05, 0.1) is 11.3 Å². The molecule has 0 aromatic carbocycles. The molecule has 2 rings (SSSR count). The molecule has 0 amide bonds. The lowest BCUT2D eigenvalue weighted by Crippen LogP contribution is -2.57. The number of nitrogens with two attached hydrogens (primary N) is 1. The van der Waals surface area contributed by atoms with E-state index in [-0.39, 0.29) is 30.5 Å². The number of aromatic nitrogens is 1. The number of pyridine rings is 1. The Morgan fingerprint density at radius 1 is 1.34 bits per heavy atom. The summed E-state index contributed by atoms with van der Waals surface area (Å²) in [7, 11) is -1.45. The first kappa shape index (κ1) is 23.6.